The van der Waals surface area contributed by atoms with Crippen molar-refractivity contribution < 1.29 is 46.2 Å². The Morgan fingerprint density at radius 2 is 0.829 bits per heavy atom. The van der Waals surface area contributed by atoms with Gasteiger partial charge >= 0.3 is 12.2 Å². The fourth-order valence-electron chi connectivity index (χ4n) is 9.15. The lowest BCUT2D eigenvalue weighted by molar-refractivity contribution is 0.106. The number of benzene rings is 4. The number of ketones is 2. The molecule has 0 radical (unpaired) electrons. The van der Waals surface area contributed by atoms with Crippen LogP contribution in [0.2, 0.25) is 0 Å². The molecule has 14 nitrogen and oxygen atoms in total. The molecule has 364 valence electrons. The molecule has 10 aromatic rings. The highest BCUT2D eigenvalue weighted by atomic mass is 32.1. The number of halogens is 4. The van der Waals surface area contributed by atoms with Crippen LogP contribution in [0.3, 0.4) is 0 Å². The first kappa shape index (κ1) is 47.3. The number of nitrogens with zero attached hydrogens (tertiary/aromatic N) is 8. The number of thiophene rings is 4. The third-order valence-corrected chi connectivity index (χ3v) is 17.3. The van der Waals surface area contributed by atoms with Gasteiger partial charge in [0.2, 0.25) is 11.6 Å². The smallest absolute Gasteiger partial charge is 0.419 e. The molecular formula is C54H20F4N8O6S4. The van der Waals surface area contributed by atoms with Gasteiger partial charge < -0.3 is 9.47 Å². The van der Waals surface area contributed by atoms with Crippen molar-refractivity contribution in [2.24, 2.45) is 9.98 Å². The van der Waals surface area contributed by atoms with E-state index in [9.17, 15) is 57.8 Å². The first-order chi connectivity index (χ1) is 36.8. The number of nitriles is 4. The first-order valence-electron chi connectivity index (χ1n) is 22.1. The molecular weight excluding hydrogens is 1060 g/mol. The molecule has 0 spiro atoms. The second-order valence-electron chi connectivity index (χ2n) is 16.7. The largest absolute Gasteiger partial charge is 0.444 e. The lowest BCUT2D eigenvalue weighted by Gasteiger charge is -2.07. The molecule has 0 aliphatic heterocycles. The maximum absolute atomic E-state index is 14.6. The molecule has 0 amide bonds. The minimum absolute atomic E-state index is 0.111. The summed E-state index contributed by atoms with van der Waals surface area (Å²) in [5.41, 5.74) is -0.890. The summed E-state index contributed by atoms with van der Waals surface area (Å²) in [5, 5.41) is 39.8. The van der Waals surface area contributed by atoms with Crippen molar-refractivity contribution in [3.63, 3.8) is 0 Å². The number of hydrogen-bond donors (Lipinski definition) is 0. The van der Waals surface area contributed by atoms with Crippen molar-refractivity contribution in [3.8, 4) is 24.3 Å². The Kier molecular flexibility index (Phi) is 11.2. The predicted octanol–water partition coefficient (Wildman–Crippen LogP) is 13.8. The minimum Gasteiger partial charge on any atom is -0.444 e. The molecule has 22 heteroatoms. The fraction of sp³-hybridized carbons (Fsp3) is 0.0370. The molecule has 2 aliphatic carbocycles. The van der Waals surface area contributed by atoms with Crippen LogP contribution in [0.15, 0.2) is 118 Å². The normalized spacial score (nSPS) is 14.0. The molecule has 4 aromatic carbocycles. The van der Waals surface area contributed by atoms with E-state index in [0.29, 0.717) is 62.5 Å². The summed E-state index contributed by atoms with van der Waals surface area (Å²) in [6.07, 6.45) is -1.65. The van der Waals surface area contributed by atoms with Crippen LogP contribution in [-0.4, -0.2) is 44.3 Å². The molecule has 0 N–H and O–H groups in total. The quantitative estimate of drug-likeness (QED) is 0.113. The van der Waals surface area contributed by atoms with E-state index in [1.807, 2.05) is 0 Å². The number of hydrogen-bond acceptors (Lipinski definition) is 16. The van der Waals surface area contributed by atoms with Crippen LogP contribution in [-0.2, 0) is 22.7 Å². The van der Waals surface area contributed by atoms with E-state index in [1.54, 1.807) is 84.9 Å². The number of carbonyl (C=O) groups excluding carboxylic acids is 4. The van der Waals surface area contributed by atoms with E-state index in [2.05, 4.69) is 9.98 Å². The summed E-state index contributed by atoms with van der Waals surface area (Å²) in [7, 11) is 0. The van der Waals surface area contributed by atoms with E-state index in [4.69, 9.17) is 9.47 Å². The van der Waals surface area contributed by atoms with Gasteiger partial charge in [-0.2, -0.15) is 21.0 Å². The third kappa shape index (κ3) is 7.27. The van der Waals surface area contributed by atoms with E-state index < -0.39 is 69.6 Å². The van der Waals surface area contributed by atoms with Gasteiger partial charge in [0, 0.05) is 33.4 Å². The number of carbonyl (C=O) groups is 4. The lowest BCUT2D eigenvalue weighted by Crippen LogP contribution is -2.13. The molecule has 0 unspecified atom stereocenters. The Hall–Kier alpha value is -9.68. The molecule has 0 fully saturated rings. The Morgan fingerprint density at radius 1 is 0.487 bits per heavy atom. The zero-order valence-electron chi connectivity index (χ0n) is 37.8. The Bertz CT molecular complexity index is 4330. The number of allylic oxidation sites excluding steroid dienone is 4. The van der Waals surface area contributed by atoms with Crippen LogP contribution in [0, 0.1) is 68.6 Å². The number of aromatic nitrogens is 2. The summed E-state index contributed by atoms with van der Waals surface area (Å²) in [6, 6.07) is 30.4. The molecule has 12 rings (SSSR count). The zero-order valence-corrected chi connectivity index (χ0v) is 41.1. The highest BCUT2D eigenvalue weighted by Gasteiger charge is 2.38. The Labute approximate surface area is 438 Å². The molecule has 76 heavy (non-hydrogen) atoms. The van der Waals surface area contributed by atoms with Gasteiger partial charge in [-0.1, -0.05) is 60.7 Å². The molecule has 0 bridgehead atoms. The van der Waals surface area contributed by atoms with Crippen LogP contribution in [0.25, 0.3) is 61.4 Å². The molecule has 2 aliphatic rings. The highest BCUT2D eigenvalue weighted by molar-refractivity contribution is 7.40. The van der Waals surface area contributed by atoms with Crippen LogP contribution >= 0.6 is 45.3 Å². The predicted molar refractivity (Wildman–Crippen MR) is 277 cm³/mol. The van der Waals surface area contributed by atoms with Gasteiger partial charge in [0.05, 0.1) is 50.3 Å². The maximum Gasteiger partial charge on any atom is 0.419 e. The standard InChI is InChI=1S/C54H20F4N8O6S4/c55-31-11-27-29(13-33(31)57)45(67)41(39(27)25(17-59)18-60)63-37-15-35-47(73-37)49-43(65(35)53(69)71-21-23-7-3-1-4-8-23)51-52(75-49)44-50(76-51)48-36(66(44)54(70)72-22-24-9-5-2-6-10-24)16-38(74-48)64-42-40(26(19-61)20-62)28-12-32(56)34(58)14-30(28)46(42)68/h1-16H,21-22H2. The Morgan fingerprint density at radius 3 is 1.18 bits per heavy atom. The van der Waals surface area contributed by atoms with Crippen molar-refractivity contribution in [2.75, 3.05) is 0 Å². The van der Waals surface area contributed by atoms with Crippen LogP contribution in [0.4, 0.5) is 37.2 Å². The second kappa shape index (κ2) is 18.1. The number of fused-ring (bicyclic) bond motifs is 11. The number of rotatable bonds is 6. The summed E-state index contributed by atoms with van der Waals surface area (Å²) in [6.45, 7) is -0.284. The topological polar surface area (TPSA) is 216 Å². The summed E-state index contributed by atoms with van der Waals surface area (Å²) in [4.78, 5) is 66.0. The summed E-state index contributed by atoms with van der Waals surface area (Å²) < 4.78 is 75.8. The average Bonchev–Trinajstić information content (AvgIpc) is 4.34. The van der Waals surface area contributed by atoms with Crippen molar-refractivity contribution in [3.05, 3.63) is 165 Å². The molecule has 0 saturated carbocycles. The number of aliphatic imine (C=N–C) groups is 2. The molecule has 0 saturated heterocycles. The van der Waals surface area contributed by atoms with Crippen molar-refractivity contribution in [1.82, 2.24) is 9.13 Å². The average molecular weight is 1080 g/mol. The lowest BCUT2D eigenvalue weighted by atomic mass is 10.0. The van der Waals surface area contributed by atoms with Crippen molar-refractivity contribution in [1.29, 1.82) is 21.0 Å². The minimum atomic E-state index is -1.32. The Balaban J connectivity index is 1.07. The fourth-order valence-corrected chi connectivity index (χ4v) is 14.3. The van der Waals surface area contributed by atoms with Crippen molar-refractivity contribution >= 4 is 152 Å². The summed E-state index contributed by atoms with van der Waals surface area (Å²) >= 11 is 4.50. The van der Waals surface area contributed by atoms with Gasteiger partial charge in [-0.3, -0.25) is 9.59 Å². The molecule has 6 aromatic heterocycles. The van der Waals surface area contributed by atoms with Gasteiger partial charge in [-0.15, -0.1) is 45.3 Å². The van der Waals surface area contributed by atoms with E-state index >= 15 is 0 Å². The number of Topliss-reactive ketones (excluding diaryl/α,β-unsaturated/α-hetero) is 2. The van der Waals surface area contributed by atoms with E-state index in [-0.39, 0.29) is 67.6 Å². The van der Waals surface area contributed by atoms with Gasteiger partial charge in [-0.25, -0.2) is 46.3 Å². The first-order valence-corrected chi connectivity index (χ1v) is 25.3. The van der Waals surface area contributed by atoms with Gasteiger partial charge in [0.25, 0.3) is 0 Å². The van der Waals surface area contributed by atoms with Gasteiger partial charge in [0.15, 0.2) is 23.3 Å². The van der Waals surface area contributed by atoms with Crippen molar-refractivity contribution in [2.45, 2.75) is 13.2 Å². The monoisotopic (exact) mass is 1080 g/mol. The van der Waals surface area contributed by atoms with E-state index in [0.717, 1.165) is 34.8 Å². The van der Waals surface area contributed by atoms with E-state index in [1.165, 1.54) is 43.9 Å². The van der Waals surface area contributed by atoms with Crippen LogP contribution in [0.1, 0.15) is 43.0 Å². The number of ether oxygens (including phenoxy) is 2. The highest BCUT2D eigenvalue weighted by Crippen LogP contribution is 2.54. The SMILES string of the molecule is N#CC(C#N)=C1C(=Nc2cc3c(s2)c2sc4c(sc5c6sc(N=C7C(=O)c8cc(F)c(F)cc8C7=C(C#N)C#N)cc6n(C(=O)OCc6ccccc6)c54)c2n3C(=O)OCc2ccccc2)C(=O)c2cc(F)c(F)cc21. The molecule has 0 atom stereocenters. The van der Waals surface area contributed by atoms with Crippen LogP contribution < -0.4 is 0 Å². The summed E-state index contributed by atoms with van der Waals surface area (Å²) in [5.74, 6) is -7.01. The van der Waals surface area contributed by atoms with Gasteiger partial charge in [-0.05, 0) is 47.5 Å². The second-order valence-corrected chi connectivity index (χ2v) is 20.8. The third-order valence-electron chi connectivity index (χ3n) is 12.4. The maximum atomic E-state index is 14.6. The molecule has 6 heterocycles. The van der Waals surface area contributed by atoms with Crippen LogP contribution in [0.5, 0.6) is 0 Å². The van der Waals surface area contributed by atoms with Gasteiger partial charge in [0.1, 0.15) is 70.1 Å². The zero-order chi connectivity index (χ0) is 52.8.